The summed E-state index contributed by atoms with van der Waals surface area (Å²) in [7, 11) is 0. The van der Waals surface area contributed by atoms with E-state index < -0.39 is 6.10 Å². The van der Waals surface area contributed by atoms with Gasteiger partial charge in [-0.05, 0) is 6.92 Å². The van der Waals surface area contributed by atoms with Crippen LogP contribution in [0.3, 0.4) is 0 Å². The molecule has 0 saturated heterocycles. The van der Waals surface area contributed by atoms with Crippen molar-refractivity contribution in [3.8, 4) is 0 Å². The van der Waals surface area contributed by atoms with Crippen LogP contribution in [0.4, 0.5) is 0 Å². The van der Waals surface area contributed by atoms with E-state index >= 15 is 0 Å². The Balaban J connectivity index is 3.86. The van der Waals surface area contributed by atoms with Crippen molar-refractivity contribution in [2.24, 2.45) is 5.92 Å². The van der Waals surface area contributed by atoms with Crippen LogP contribution in [-0.2, 0) is 0 Å². The van der Waals surface area contributed by atoms with Gasteiger partial charge in [-0.15, -0.1) is 6.58 Å². The second-order valence-corrected chi connectivity index (χ2v) is 2.39. The van der Waals surface area contributed by atoms with Gasteiger partial charge in [0.1, 0.15) is 0 Å². The molecule has 52 valence electrons. The molecule has 0 unspecified atom stereocenters. The smallest absolute Gasteiger partial charge is 0.0804 e. The normalized spacial score (nSPS) is 16.3. The average molecular weight is 126 g/mol. The fourth-order valence-corrected chi connectivity index (χ4v) is 0.578. The van der Waals surface area contributed by atoms with Gasteiger partial charge in [0.15, 0.2) is 0 Å². The monoisotopic (exact) mass is 126 g/mol. The highest BCUT2D eigenvalue weighted by Crippen LogP contribution is 2.10. The van der Waals surface area contributed by atoms with Crippen molar-refractivity contribution < 1.29 is 5.11 Å². The summed E-state index contributed by atoms with van der Waals surface area (Å²) in [5.41, 5.74) is 0.794. The molecule has 0 aliphatic heterocycles. The minimum atomic E-state index is -0.428. The number of aliphatic hydroxyl groups excluding tert-OH is 1. The van der Waals surface area contributed by atoms with Crippen molar-refractivity contribution in [3.05, 3.63) is 24.8 Å². The van der Waals surface area contributed by atoms with Crippen LogP contribution in [0.1, 0.15) is 13.8 Å². The molecule has 1 N–H and O–H groups in total. The summed E-state index contributed by atoms with van der Waals surface area (Å²) in [5.74, 6) is 0.113. The van der Waals surface area contributed by atoms with E-state index in [1.54, 1.807) is 6.08 Å². The number of aliphatic hydroxyl groups is 1. The highest BCUT2D eigenvalue weighted by molar-refractivity contribution is 5.02. The van der Waals surface area contributed by atoms with E-state index in [9.17, 15) is 5.11 Å². The first-order valence-corrected chi connectivity index (χ1v) is 3.05. The average Bonchev–Trinajstić information content (AvgIpc) is 1.84. The predicted molar refractivity (Wildman–Crippen MR) is 40.2 cm³/mol. The van der Waals surface area contributed by atoms with Crippen molar-refractivity contribution >= 4 is 0 Å². The van der Waals surface area contributed by atoms with E-state index in [-0.39, 0.29) is 5.92 Å². The third-order valence-electron chi connectivity index (χ3n) is 1.37. The van der Waals surface area contributed by atoms with Crippen LogP contribution < -0.4 is 0 Å². The van der Waals surface area contributed by atoms with E-state index in [0.717, 1.165) is 5.57 Å². The van der Waals surface area contributed by atoms with Crippen molar-refractivity contribution in [1.29, 1.82) is 0 Å². The first kappa shape index (κ1) is 8.44. The van der Waals surface area contributed by atoms with E-state index in [1.165, 1.54) is 0 Å². The number of hydrogen-bond acceptors (Lipinski definition) is 1. The second-order valence-electron chi connectivity index (χ2n) is 2.39. The summed E-state index contributed by atoms with van der Waals surface area (Å²) in [6.07, 6.45) is 1.29. The maximum absolute atomic E-state index is 9.22. The van der Waals surface area contributed by atoms with Gasteiger partial charge >= 0.3 is 0 Å². The van der Waals surface area contributed by atoms with Crippen molar-refractivity contribution in [3.63, 3.8) is 0 Å². The van der Waals surface area contributed by atoms with Gasteiger partial charge in [-0.3, -0.25) is 0 Å². The Bertz CT molecular complexity index is 116. The maximum Gasteiger partial charge on any atom is 0.0804 e. The molecule has 2 atom stereocenters. The standard InChI is InChI=1S/C8H14O/c1-5-7(4)8(9)6(2)3/h5,7-9H,1-2H2,3-4H3/t7-,8+/m0/s1. The molecular weight excluding hydrogens is 112 g/mol. The van der Waals surface area contributed by atoms with Crippen LogP contribution in [0.2, 0.25) is 0 Å². The van der Waals surface area contributed by atoms with Crippen LogP contribution >= 0.6 is 0 Å². The molecule has 0 aromatic carbocycles. The predicted octanol–water partition coefficient (Wildman–Crippen LogP) is 1.75. The first-order chi connectivity index (χ1) is 4.09. The zero-order chi connectivity index (χ0) is 7.44. The van der Waals surface area contributed by atoms with E-state index in [0.29, 0.717) is 0 Å². The molecule has 0 rings (SSSR count). The molecule has 0 fully saturated rings. The summed E-state index contributed by atoms with van der Waals surface area (Å²) in [6.45, 7) is 10.9. The van der Waals surface area contributed by atoms with Crippen LogP contribution in [0.15, 0.2) is 24.8 Å². The molecule has 1 heteroatoms. The number of rotatable bonds is 3. The van der Waals surface area contributed by atoms with Gasteiger partial charge in [0, 0.05) is 5.92 Å². The van der Waals surface area contributed by atoms with Crippen LogP contribution in [-0.4, -0.2) is 11.2 Å². The molecule has 0 aliphatic rings. The van der Waals surface area contributed by atoms with Crippen LogP contribution in [0.25, 0.3) is 0 Å². The minimum absolute atomic E-state index is 0.113. The zero-order valence-corrected chi connectivity index (χ0v) is 6.09. The first-order valence-electron chi connectivity index (χ1n) is 3.05. The molecule has 0 amide bonds. The molecule has 0 aromatic heterocycles. The Hall–Kier alpha value is -0.560. The van der Waals surface area contributed by atoms with Crippen LogP contribution in [0.5, 0.6) is 0 Å². The summed E-state index contributed by atoms with van der Waals surface area (Å²) in [5, 5.41) is 9.22. The Kier molecular flexibility index (Phi) is 3.25. The van der Waals surface area contributed by atoms with Crippen molar-refractivity contribution in [2.75, 3.05) is 0 Å². The Morgan fingerprint density at radius 2 is 2.11 bits per heavy atom. The molecule has 0 saturated carbocycles. The molecule has 0 aliphatic carbocycles. The summed E-state index contributed by atoms with van der Waals surface area (Å²) in [4.78, 5) is 0. The van der Waals surface area contributed by atoms with Crippen molar-refractivity contribution in [2.45, 2.75) is 20.0 Å². The van der Waals surface area contributed by atoms with E-state index in [1.807, 2.05) is 13.8 Å². The third-order valence-corrected chi connectivity index (χ3v) is 1.37. The second kappa shape index (κ2) is 3.46. The lowest BCUT2D eigenvalue weighted by Crippen LogP contribution is -2.15. The molecule has 9 heavy (non-hydrogen) atoms. The zero-order valence-electron chi connectivity index (χ0n) is 6.09. The molecule has 0 bridgehead atoms. The van der Waals surface area contributed by atoms with Gasteiger partial charge in [0.05, 0.1) is 6.10 Å². The molecular formula is C8H14O. The van der Waals surface area contributed by atoms with Gasteiger partial charge < -0.3 is 5.11 Å². The Morgan fingerprint density at radius 3 is 2.22 bits per heavy atom. The molecule has 0 heterocycles. The third kappa shape index (κ3) is 2.47. The van der Waals surface area contributed by atoms with Gasteiger partial charge in [-0.25, -0.2) is 0 Å². The van der Waals surface area contributed by atoms with E-state index in [4.69, 9.17) is 0 Å². The maximum atomic E-state index is 9.22. The summed E-state index contributed by atoms with van der Waals surface area (Å²) in [6, 6.07) is 0. The largest absolute Gasteiger partial charge is 0.388 e. The topological polar surface area (TPSA) is 20.2 Å². The molecule has 1 nitrogen and oxygen atoms in total. The Morgan fingerprint density at radius 1 is 1.67 bits per heavy atom. The summed E-state index contributed by atoms with van der Waals surface area (Å²) < 4.78 is 0. The fraction of sp³-hybridized carbons (Fsp3) is 0.500. The van der Waals surface area contributed by atoms with Gasteiger partial charge in [0.25, 0.3) is 0 Å². The van der Waals surface area contributed by atoms with Gasteiger partial charge in [0.2, 0.25) is 0 Å². The SMILES string of the molecule is C=C[C@H](C)[C@H](O)C(=C)C. The highest BCUT2D eigenvalue weighted by atomic mass is 16.3. The van der Waals surface area contributed by atoms with Crippen LogP contribution in [0, 0.1) is 5.92 Å². The highest BCUT2D eigenvalue weighted by Gasteiger charge is 2.09. The lowest BCUT2D eigenvalue weighted by atomic mass is 10.0. The lowest BCUT2D eigenvalue weighted by molar-refractivity contribution is 0.174. The minimum Gasteiger partial charge on any atom is -0.388 e. The summed E-state index contributed by atoms with van der Waals surface area (Å²) >= 11 is 0. The molecule has 0 radical (unpaired) electrons. The van der Waals surface area contributed by atoms with Gasteiger partial charge in [-0.2, -0.15) is 0 Å². The lowest BCUT2D eigenvalue weighted by Gasteiger charge is -2.13. The van der Waals surface area contributed by atoms with Gasteiger partial charge in [-0.1, -0.05) is 25.2 Å². The molecule has 0 aromatic rings. The number of hydrogen-bond donors (Lipinski definition) is 1. The Labute approximate surface area is 56.7 Å². The fourth-order valence-electron chi connectivity index (χ4n) is 0.578. The molecule has 0 spiro atoms. The van der Waals surface area contributed by atoms with E-state index in [2.05, 4.69) is 13.2 Å². The quantitative estimate of drug-likeness (QED) is 0.571. The van der Waals surface area contributed by atoms with Crippen molar-refractivity contribution in [1.82, 2.24) is 0 Å².